The fraction of sp³-hybridized carbons (Fsp3) is 0.167. The van der Waals surface area contributed by atoms with E-state index in [0.29, 0.717) is 11.6 Å². The number of aromatic amines is 1. The molecule has 5 heterocycles. The van der Waals surface area contributed by atoms with Gasteiger partial charge in [-0.25, -0.2) is 9.67 Å². The number of H-pyrrole nitrogens is 1. The molecule has 0 fully saturated rings. The first-order chi connectivity index (χ1) is 16.4. The number of nitrogens with zero attached hydrogens (tertiary/aromatic N) is 6. The van der Waals surface area contributed by atoms with Crippen molar-refractivity contribution in [2.24, 2.45) is 7.05 Å². The van der Waals surface area contributed by atoms with E-state index in [1.54, 1.807) is 24.2 Å². The van der Waals surface area contributed by atoms with E-state index in [1.807, 2.05) is 50.5 Å². The number of pyridine rings is 3. The van der Waals surface area contributed by atoms with Gasteiger partial charge < -0.3 is 15.0 Å². The highest BCUT2D eigenvalue weighted by molar-refractivity contribution is 6.02. The van der Waals surface area contributed by atoms with Gasteiger partial charge in [0.2, 0.25) is 5.91 Å². The maximum atomic E-state index is 11.6. The lowest BCUT2D eigenvalue weighted by Gasteiger charge is -2.07. The number of amides is 1. The monoisotopic (exact) mass is 454 g/mol. The second-order valence-electron chi connectivity index (χ2n) is 7.84. The van der Waals surface area contributed by atoms with Crippen LogP contribution in [-0.4, -0.2) is 47.9 Å². The highest BCUT2D eigenvalue weighted by Crippen LogP contribution is 2.38. The smallest absolute Gasteiger partial charge is 0.222 e. The van der Waals surface area contributed by atoms with Gasteiger partial charge in [0.05, 0.1) is 52.7 Å². The van der Waals surface area contributed by atoms with Crippen molar-refractivity contribution in [3.05, 3.63) is 54.6 Å². The van der Waals surface area contributed by atoms with Crippen LogP contribution in [0, 0.1) is 6.92 Å². The van der Waals surface area contributed by atoms with Gasteiger partial charge in [-0.1, -0.05) is 5.21 Å². The lowest BCUT2D eigenvalue weighted by molar-refractivity contribution is -0.114. The van der Waals surface area contributed by atoms with Crippen molar-refractivity contribution in [2.45, 2.75) is 13.8 Å². The number of methoxy groups -OCH3 is 1. The van der Waals surface area contributed by atoms with Crippen LogP contribution in [0.2, 0.25) is 0 Å². The summed E-state index contributed by atoms with van der Waals surface area (Å²) in [6.07, 6.45) is 5.14. The standard InChI is InChI=1S/C24H22N8O2/c1-13-24(32(3)31-30-13)16-9-19-23(27-11-16)21(18-6-5-17(34-4)12-26-18)22(29-19)15-7-8-25-20(10-15)28-14(2)33/h5-12,29H,1-4H3,(H,25,28,33). The molecule has 0 saturated carbocycles. The molecule has 10 nitrogen and oxygen atoms in total. The number of aromatic nitrogens is 7. The minimum atomic E-state index is -0.190. The van der Waals surface area contributed by atoms with Crippen LogP contribution in [0.3, 0.4) is 0 Å². The number of fused-ring (bicyclic) bond motifs is 1. The molecule has 0 atom stereocenters. The van der Waals surface area contributed by atoms with Crippen molar-refractivity contribution in [1.82, 2.24) is 34.9 Å². The summed E-state index contributed by atoms with van der Waals surface area (Å²) in [6.45, 7) is 3.37. The van der Waals surface area contributed by atoms with Crippen LogP contribution in [0.1, 0.15) is 12.6 Å². The number of carbonyl (C=O) groups is 1. The minimum absolute atomic E-state index is 0.190. The van der Waals surface area contributed by atoms with Gasteiger partial charge in [-0.3, -0.25) is 14.8 Å². The second kappa shape index (κ2) is 8.39. The Morgan fingerprint density at radius 3 is 2.62 bits per heavy atom. The van der Waals surface area contributed by atoms with E-state index in [4.69, 9.17) is 9.72 Å². The lowest BCUT2D eigenvalue weighted by Crippen LogP contribution is -2.07. The molecule has 5 aromatic rings. The Morgan fingerprint density at radius 2 is 1.94 bits per heavy atom. The van der Waals surface area contributed by atoms with E-state index in [0.717, 1.165) is 50.5 Å². The van der Waals surface area contributed by atoms with E-state index in [2.05, 4.69) is 30.6 Å². The predicted molar refractivity (Wildman–Crippen MR) is 128 cm³/mol. The summed E-state index contributed by atoms with van der Waals surface area (Å²) in [7, 11) is 3.46. The van der Waals surface area contributed by atoms with Crippen LogP contribution >= 0.6 is 0 Å². The Balaban J connectivity index is 1.73. The molecule has 0 aliphatic heterocycles. The number of rotatable bonds is 5. The van der Waals surface area contributed by atoms with E-state index < -0.39 is 0 Å². The number of aryl methyl sites for hydroxylation is 2. The summed E-state index contributed by atoms with van der Waals surface area (Å²) >= 11 is 0. The first kappa shape index (κ1) is 21.3. The van der Waals surface area contributed by atoms with E-state index >= 15 is 0 Å². The van der Waals surface area contributed by atoms with Gasteiger partial charge in [-0.15, -0.1) is 5.10 Å². The molecule has 2 N–H and O–H groups in total. The van der Waals surface area contributed by atoms with E-state index in [1.165, 1.54) is 6.92 Å². The van der Waals surface area contributed by atoms with Gasteiger partial charge in [-0.05, 0) is 37.3 Å². The number of ether oxygens (including phenoxy) is 1. The van der Waals surface area contributed by atoms with Crippen LogP contribution in [0.5, 0.6) is 5.75 Å². The molecule has 10 heteroatoms. The third-order valence-electron chi connectivity index (χ3n) is 5.48. The summed E-state index contributed by atoms with van der Waals surface area (Å²) in [6, 6.07) is 9.47. The van der Waals surface area contributed by atoms with Crippen LogP contribution in [0.4, 0.5) is 5.82 Å². The molecule has 1 amide bonds. The Bertz CT molecular complexity index is 1500. The van der Waals surface area contributed by atoms with Gasteiger partial charge in [0.25, 0.3) is 0 Å². The van der Waals surface area contributed by atoms with Crippen molar-refractivity contribution in [1.29, 1.82) is 0 Å². The summed E-state index contributed by atoms with van der Waals surface area (Å²) in [5, 5.41) is 11.0. The number of hydrogen-bond acceptors (Lipinski definition) is 7. The number of hydrogen-bond donors (Lipinski definition) is 2. The Hall–Kier alpha value is -4.60. The van der Waals surface area contributed by atoms with Gasteiger partial charge in [-0.2, -0.15) is 0 Å². The van der Waals surface area contributed by atoms with Crippen molar-refractivity contribution >= 4 is 22.8 Å². The van der Waals surface area contributed by atoms with Crippen molar-refractivity contribution < 1.29 is 9.53 Å². The summed E-state index contributed by atoms with van der Waals surface area (Å²) in [5.41, 5.74) is 7.43. The average Bonchev–Trinajstić information content (AvgIpc) is 3.38. The molecule has 5 rings (SSSR count). The molecule has 0 bridgehead atoms. The summed E-state index contributed by atoms with van der Waals surface area (Å²) < 4.78 is 7.01. The normalized spacial score (nSPS) is 11.1. The Labute approximate surface area is 195 Å². The molecule has 34 heavy (non-hydrogen) atoms. The first-order valence-electron chi connectivity index (χ1n) is 10.6. The summed E-state index contributed by atoms with van der Waals surface area (Å²) in [4.78, 5) is 28.7. The molecule has 0 aliphatic carbocycles. The third kappa shape index (κ3) is 3.75. The number of nitrogens with one attached hydrogen (secondary N) is 2. The first-order valence-corrected chi connectivity index (χ1v) is 10.6. The largest absolute Gasteiger partial charge is 0.495 e. The van der Waals surface area contributed by atoms with Crippen LogP contribution in [-0.2, 0) is 11.8 Å². The zero-order chi connectivity index (χ0) is 23.8. The van der Waals surface area contributed by atoms with Crippen molar-refractivity contribution in [3.8, 4) is 39.5 Å². The van der Waals surface area contributed by atoms with Gasteiger partial charge >= 0.3 is 0 Å². The Kier molecular flexibility index (Phi) is 5.25. The highest BCUT2D eigenvalue weighted by Gasteiger charge is 2.20. The predicted octanol–water partition coefficient (Wildman–Crippen LogP) is 3.76. The molecule has 170 valence electrons. The van der Waals surface area contributed by atoms with E-state index in [9.17, 15) is 4.79 Å². The molecule has 0 unspecified atom stereocenters. The molecule has 0 aromatic carbocycles. The van der Waals surface area contributed by atoms with Crippen molar-refractivity contribution in [3.63, 3.8) is 0 Å². The lowest BCUT2D eigenvalue weighted by atomic mass is 10.0. The molecular weight excluding hydrogens is 432 g/mol. The number of anilines is 1. The average molecular weight is 454 g/mol. The van der Waals surface area contributed by atoms with Gasteiger partial charge in [0, 0.05) is 37.5 Å². The quantitative estimate of drug-likeness (QED) is 0.414. The number of carbonyl (C=O) groups excluding carboxylic acids is 1. The van der Waals surface area contributed by atoms with Crippen LogP contribution < -0.4 is 10.1 Å². The zero-order valence-electron chi connectivity index (χ0n) is 19.1. The molecular formula is C24H22N8O2. The minimum Gasteiger partial charge on any atom is -0.495 e. The fourth-order valence-corrected chi connectivity index (χ4v) is 4.01. The maximum absolute atomic E-state index is 11.6. The molecule has 0 aliphatic rings. The SMILES string of the molecule is COc1ccc(-c2c(-c3ccnc(NC(C)=O)c3)[nH]c3cc(-c4c(C)nnn4C)cnc23)nc1. The second-order valence-corrected chi connectivity index (χ2v) is 7.84. The molecule has 5 aromatic heterocycles. The fourth-order valence-electron chi connectivity index (χ4n) is 4.01. The van der Waals surface area contributed by atoms with Gasteiger partial charge in [0.1, 0.15) is 11.6 Å². The van der Waals surface area contributed by atoms with Crippen LogP contribution in [0.25, 0.3) is 44.8 Å². The summed E-state index contributed by atoms with van der Waals surface area (Å²) in [5.74, 6) is 0.934. The highest BCUT2D eigenvalue weighted by atomic mass is 16.5. The zero-order valence-corrected chi connectivity index (χ0v) is 19.1. The molecule has 0 radical (unpaired) electrons. The maximum Gasteiger partial charge on any atom is 0.222 e. The van der Waals surface area contributed by atoms with Crippen molar-refractivity contribution in [2.75, 3.05) is 12.4 Å². The molecule has 0 spiro atoms. The third-order valence-corrected chi connectivity index (χ3v) is 5.48. The van der Waals surface area contributed by atoms with Crippen LogP contribution in [0.15, 0.2) is 48.9 Å². The topological polar surface area (TPSA) is 124 Å². The molecule has 0 saturated heterocycles. The van der Waals surface area contributed by atoms with Gasteiger partial charge in [0.15, 0.2) is 0 Å². The van der Waals surface area contributed by atoms with E-state index in [-0.39, 0.29) is 5.91 Å². The Morgan fingerprint density at radius 1 is 1.09 bits per heavy atom.